The lowest BCUT2D eigenvalue weighted by molar-refractivity contribution is 0.102. The molecular formula is C13H12FN3O2. The van der Waals surface area contributed by atoms with Crippen LogP contribution < -0.4 is 16.6 Å². The van der Waals surface area contributed by atoms with Crippen LogP contribution >= 0.6 is 0 Å². The molecule has 0 atom stereocenters. The topological polar surface area (TPSA) is 88.0 Å². The fourth-order valence-corrected chi connectivity index (χ4v) is 1.58. The maximum atomic E-state index is 13.5. The number of hydrogen-bond donors (Lipinski definition) is 3. The molecule has 2 rings (SSSR count). The van der Waals surface area contributed by atoms with Crippen LogP contribution in [0.25, 0.3) is 0 Å². The second-order valence-electron chi connectivity index (χ2n) is 4.08. The van der Waals surface area contributed by atoms with E-state index in [9.17, 15) is 14.0 Å². The molecule has 98 valence electrons. The van der Waals surface area contributed by atoms with Crippen LogP contribution in [0.1, 0.15) is 16.1 Å². The van der Waals surface area contributed by atoms with Gasteiger partial charge >= 0.3 is 0 Å². The molecule has 4 N–H and O–H groups in total. The normalized spacial score (nSPS) is 10.2. The van der Waals surface area contributed by atoms with Crippen molar-refractivity contribution in [3.05, 3.63) is 57.8 Å². The van der Waals surface area contributed by atoms with Crippen molar-refractivity contribution < 1.29 is 9.18 Å². The Labute approximate surface area is 108 Å². The Balaban J connectivity index is 2.31. The molecule has 1 aromatic carbocycles. The lowest BCUT2D eigenvalue weighted by Gasteiger charge is -2.07. The van der Waals surface area contributed by atoms with Gasteiger partial charge in [0.2, 0.25) is 0 Å². The molecule has 6 heteroatoms. The molecule has 1 heterocycles. The zero-order valence-electron chi connectivity index (χ0n) is 10.2. The van der Waals surface area contributed by atoms with E-state index in [1.807, 2.05) is 0 Å². The van der Waals surface area contributed by atoms with Gasteiger partial charge in [-0.1, -0.05) is 0 Å². The Hall–Kier alpha value is -2.63. The maximum Gasteiger partial charge on any atom is 0.261 e. The largest absolute Gasteiger partial charge is 0.399 e. The van der Waals surface area contributed by atoms with Crippen molar-refractivity contribution in [2.75, 3.05) is 11.1 Å². The van der Waals surface area contributed by atoms with Crippen LogP contribution in [0.4, 0.5) is 15.8 Å². The number of aromatic amines is 1. The first-order valence-corrected chi connectivity index (χ1v) is 5.53. The summed E-state index contributed by atoms with van der Waals surface area (Å²) >= 11 is 0. The molecule has 0 aliphatic rings. The third kappa shape index (κ3) is 2.79. The van der Waals surface area contributed by atoms with Gasteiger partial charge in [0.1, 0.15) is 11.4 Å². The van der Waals surface area contributed by atoms with Crippen LogP contribution in [0, 0.1) is 12.7 Å². The van der Waals surface area contributed by atoms with Crippen LogP contribution in [0.3, 0.4) is 0 Å². The first-order chi connectivity index (χ1) is 8.97. The van der Waals surface area contributed by atoms with Crippen molar-refractivity contribution >= 4 is 17.3 Å². The quantitative estimate of drug-likeness (QED) is 0.718. The number of rotatable bonds is 2. The summed E-state index contributed by atoms with van der Waals surface area (Å²) < 4.78 is 13.5. The van der Waals surface area contributed by atoms with E-state index < -0.39 is 17.3 Å². The fraction of sp³-hybridized carbons (Fsp3) is 0.0769. The monoisotopic (exact) mass is 261 g/mol. The highest BCUT2D eigenvalue weighted by Gasteiger charge is 2.12. The number of aryl methyl sites for hydroxylation is 1. The minimum Gasteiger partial charge on any atom is -0.399 e. The molecule has 0 bridgehead atoms. The predicted molar refractivity (Wildman–Crippen MR) is 70.6 cm³/mol. The summed E-state index contributed by atoms with van der Waals surface area (Å²) in [6, 6.07) is 6.78. The number of pyridine rings is 1. The number of benzene rings is 1. The van der Waals surface area contributed by atoms with E-state index in [0.717, 1.165) is 6.07 Å². The molecule has 0 aliphatic heterocycles. The number of carbonyl (C=O) groups is 1. The van der Waals surface area contributed by atoms with Gasteiger partial charge in [0.05, 0.1) is 5.69 Å². The Bertz CT molecular complexity index is 695. The molecule has 19 heavy (non-hydrogen) atoms. The van der Waals surface area contributed by atoms with E-state index in [4.69, 9.17) is 5.73 Å². The summed E-state index contributed by atoms with van der Waals surface area (Å²) in [5.74, 6) is -1.31. The van der Waals surface area contributed by atoms with Crippen LogP contribution in [0.15, 0.2) is 35.1 Å². The summed E-state index contributed by atoms with van der Waals surface area (Å²) in [6.07, 6.45) is 0. The molecule has 0 radical (unpaired) electrons. The Morgan fingerprint density at radius 1 is 1.32 bits per heavy atom. The first kappa shape index (κ1) is 12.8. The second-order valence-corrected chi connectivity index (χ2v) is 4.08. The minimum absolute atomic E-state index is 0.0648. The van der Waals surface area contributed by atoms with E-state index in [1.54, 1.807) is 13.0 Å². The Morgan fingerprint density at radius 2 is 2.05 bits per heavy atom. The number of nitrogens with one attached hydrogen (secondary N) is 2. The van der Waals surface area contributed by atoms with Crippen molar-refractivity contribution in [1.29, 1.82) is 0 Å². The van der Waals surface area contributed by atoms with E-state index >= 15 is 0 Å². The van der Waals surface area contributed by atoms with Crippen molar-refractivity contribution in [3.63, 3.8) is 0 Å². The van der Waals surface area contributed by atoms with Gasteiger partial charge in [0, 0.05) is 11.4 Å². The molecule has 0 unspecified atom stereocenters. The summed E-state index contributed by atoms with van der Waals surface area (Å²) in [5.41, 5.74) is 5.77. The molecule has 0 spiro atoms. The molecule has 0 saturated heterocycles. The van der Waals surface area contributed by atoms with Gasteiger partial charge in [-0.2, -0.15) is 0 Å². The van der Waals surface area contributed by atoms with Crippen LogP contribution in [-0.2, 0) is 0 Å². The highest BCUT2D eigenvalue weighted by molar-refractivity contribution is 6.04. The summed E-state index contributed by atoms with van der Waals surface area (Å²) in [6.45, 7) is 1.70. The standard InChI is InChI=1S/C13H12FN3O2/c1-7-2-4-9(12(18)16-7)13(19)17-11-6-8(15)3-5-10(11)14/h2-6H,15H2,1H3,(H,16,18)(H,17,19). The number of anilines is 2. The van der Waals surface area contributed by atoms with Gasteiger partial charge in [-0.15, -0.1) is 0 Å². The van der Waals surface area contributed by atoms with E-state index in [2.05, 4.69) is 10.3 Å². The first-order valence-electron chi connectivity index (χ1n) is 5.53. The third-order valence-electron chi connectivity index (χ3n) is 2.54. The lowest BCUT2D eigenvalue weighted by atomic mass is 10.2. The van der Waals surface area contributed by atoms with Crippen molar-refractivity contribution in [2.24, 2.45) is 0 Å². The number of carbonyl (C=O) groups excluding carboxylic acids is 1. The van der Waals surface area contributed by atoms with Gasteiger partial charge in [-0.05, 0) is 37.3 Å². The SMILES string of the molecule is Cc1ccc(C(=O)Nc2cc(N)ccc2F)c(=O)[nH]1. The minimum atomic E-state index is -0.689. The second kappa shape index (κ2) is 4.93. The smallest absolute Gasteiger partial charge is 0.261 e. The van der Waals surface area contributed by atoms with Crippen molar-refractivity contribution in [3.8, 4) is 0 Å². The van der Waals surface area contributed by atoms with Crippen LogP contribution in [-0.4, -0.2) is 10.9 Å². The number of aromatic nitrogens is 1. The zero-order valence-corrected chi connectivity index (χ0v) is 10.2. The number of H-pyrrole nitrogens is 1. The highest BCUT2D eigenvalue weighted by atomic mass is 19.1. The van der Waals surface area contributed by atoms with Gasteiger partial charge in [0.25, 0.3) is 11.5 Å². The number of hydrogen-bond acceptors (Lipinski definition) is 3. The van der Waals surface area contributed by atoms with Gasteiger partial charge in [-0.25, -0.2) is 4.39 Å². The fourth-order valence-electron chi connectivity index (χ4n) is 1.58. The average molecular weight is 261 g/mol. The number of amides is 1. The van der Waals surface area contributed by atoms with Crippen molar-refractivity contribution in [1.82, 2.24) is 4.98 Å². The molecule has 0 fully saturated rings. The predicted octanol–water partition coefficient (Wildman–Crippen LogP) is 1.66. The Kier molecular flexibility index (Phi) is 3.33. The molecule has 0 aliphatic carbocycles. The molecule has 1 aromatic heterocycles. The van der Waals surface area contributed by atoms with Gasteiger partial charge in [0.15, 0.2) is 0 Å². The summed E-state index contributed by atoms with van der Waals surface area (Å²) in [4.78, 5) is 26.0. The third-order valence-corrected chi connectivity index (χ3v) is 2.54. The van der Waals surface area contributed by atoms with Gasteiger partial charge < -0.3 is 16.0 Å². The average Bonchev–Trinajstić information content (AvgIpc) is 2.33. The van der Waals surface area contributed by atoms with E-state index in [-0.39, 0.29) is 11.3 Å². The Morgan fingerprint density at radius 3 is 2.74 bits per heavy atom. The maximum absolute atomic E-state index is 13.5. The molecular weight excluding hydrogens is 249 g/mol. The lowest BCUT2D eigenvalue weighted by Crippen LogP contribution is -2.23. The van der Waals surface area contributed by atoms with Gasteiger partial charge in [-0.3, -0.25) is 9.59 Å². The van der Waals surface area contributed by atoms with E-state index in [0.29, 0.717) is 11.4 Å². The summed E-state index contributed by atoms with van der Waals surface area (Å²) in [7, 11) is 0. The number of nitrogen functional groups attached to an aromatic ring is 1. The molecule has 5 nitrogen and oxygen atoms in total. The van der Waals surface area contributed by atoms with Crippen molar-refractivity contribution in [2.45, 2.75) is 6.92 Å². The molecule has 2 aromatic rings. The summed E-state index contributed by atoms with van der Waals surface area (Å²) in [5, 5.41) is 2.31. The molecule has 1 amide bonds. The van der Waals surface area contributed by atoms with Crippen LogP contribution in [0.5, 0.6) is 0 Å². The number of halogens is 1. The molecule has 0 saturated carbocycles. The number of nitrogens with two attached hydrogens (primary N) is 1. The van der Waals surface area contributed by atoms with Crippen LogP contribution in [0.2, 0.25) is 0 Å². The zero-order chi connectivity index (χ0) is 14.0. The highest BCUT2D eigenvalue weighted by Crippen LogP contribution is 2.17. The van der Waals surface area contributed by atoms with E-state index in [1.165, 1.54) is 18.2 Å².